The molecule has 32 heavy (non-hydrogen) atoms. The van der Waals surface area contributed by atoms with Crippen molar-refractivity contribution in [3.05, 3.63) is 53.6 Å². The quantitative estimate of drug-likeness (QED) is 0.725. The monoisotopic (exact) mass is 436 g/mol. The fourth-order valence-corrected chi connectivity index (χ4v) is 4.11. The van der Waals surface area contributed by atoms with Crippen LogP contribution < -0.4 is 20.1 Å². The first-order chi connectivity index (χ1) is 15.4. The fourth-order valence-electron chi connectivity index (χ4n) is 4.11. The maximum Gasteiger partial charge on any atom is 0.272 e. The summed E-state index contributed by atoms with van der Waals surface area (Å²) in [6.07, 6.45) is 1.33. The molecule has 2 amide bonds. The van der Waals surface area contributed by atoms with Gasteiger partial charge in [-0.05, 0) is 19.1 Å². The second-order valence-corrected chi connectivity index (χ2v) is 8.21. The lowest BCUT2D eigenvalue weighted by Gasteiger charge is -2.36. The van der Waals surface area contributed by atoms with Crippen LogP contribution in [0.25, 0.3) is 0 Å². The van der Waals surface area contributed by atoms with Crippen molar-refractivity contribution in [3.8, 4) is 11.5 Å². The molecule has 1 spiro atoms. The smallest absolute Gasteiger partial charge is 0.272 e. The van der Waals surface area contributed by atoms with Crippen LogP contribution in [0.15, 0.2) is 47.5 Å². The van der Waals surface area contributed by atoms with Crippen LogP contribution in [-0.2, 0) is 9.59 Å². The average Bonchev–Trinajstić information content (AvgIpc) is 3.11. The number of nitrogens with one attached hydrogen (secondary N) is 2. The maximum absolute atomic E-state index is 12.6. The van der Waals surface area contributed by atoms with Gasteiger partial charge in [0, 0.05) is 43.2 Å². The molecule has 4 rings (SSSR count). The van der Waals surface area contributed by atoms with E-state index in [0.29, 0.717) is 48.8 Å². The minimum Gasteiger partial charge on any atom is -0.493 e. The lowest BCUT2D eigenvalue weighted by molar-refractivity contribution is -0.119. The molecule has 2 aromatic carbocycles. The van der Waals surface area contributed by atoms with E-state index in [2.05, 4.69) is 15.5 Å². The summed E-state index contributed by atoms with van der Waals surface area (Å²) in [5, 5.41) is 5.98. The van der Waals surface area contributed by atoms with Gasteiger partial charge in [0.2, 0.25) is 5.91 Å². The molecule has 0 radical (unpaired) electrons. The molecule has 0 unspecified atom stereocenters. The number of nitrogens with zero attached hydrogens (tertiary/aromatic N) is 2. The lowest BCUT2D eigenvalue weighted by Crippen LogP contribution is -2.52. The maximum atomic E-state index is 12.6. The molecular formula is C24H28N4O4. The van der Waals surface area contributed by atoms with Gasteiger partial charge in [-0.3, -0.25) is 19.5 Å². The van der Waals surface area contributed by atoms with Crippen LogP contribution in [0, 0.1) is 6.92 Å². The Morgan fingerprint density at radius 1 is 1.09 bits per heavy atom. The first kappa shape index (κ1) is 21.8. The Hall–Kier alpha value is -3.39. The zero-order chi connectivity index (χ0) is 22.7. The number of ether oxygens (including phenoxy) is 2. The van der Waals surface area contributed by atoms with E-state index in [4.69, 9.17) is 14.5 Å². The highest BCUT2D eigenvalue weighted by molar-refractivity contribution is 6.46. The number of amides is 2. The summed E-state index contributed by atoms with van der Waals surface area (Å²) < 4.78 is 10.5. The van der Waals surface area contributed by atoms with Crippen molar-refractivity contribution >= 4 is 23.2 Å². The summed E-state index contributed by atoms with van der Waals surface area (Å²) in [4.78, 5) is 32.0. The summed E-state index contributed by atoms with van der Waals surface area (Å²) >= 11 is 0. The Kier molecular flexibility index (Phi) is 6.14. The third-order valence-corrected chi connectivity index (χ3v) is 5.93. The van der Waals surface area contributed by atoms with Crippen LogP contribution in [0.5, 0.6) is 11.5 Å². The van der Waals surface area contributed by atoms with E-state index in [0.717, 1.165) is 11.1 Å². The van der Waals surface area contributed by atoms with Crippen molar-refractivity contribution < 1.29 is 19.1 Å². The van der Waals surface area contributed by atoms with Crippen LogP contribution in [0.4, 0.5) is 5.69 Å². The SMILES string of the molecule is COc1ccc(NC(=O)CN2CCC3(CC2)N=C(c2ccc(C)cc2)C(=O)N3)cc1OC. The van der Waals surface area contributed by atoms with E-state index in [-0.39, 0.29) is 18.4 Å². The molecule has 0 saturated carbocycles. The number of hydrogen-bond acceptors (Lipinski definition) is 6. The van der Waals surface area contributed by atoms with Crippen LogP contribution >= 0.6 is 0 Å². The molecule has 0 atom stereocenters. The van der Waals surface area contributed by atoms with Gasteiger partial charge < -0.3 is 20.1 Å². The van der Waals surface area contributed by atoms with Crippen molar-refractivity contribution in [3.63, 3.8) is 0 Å². The van der Waals surface area contributed by atoms with Gasteiger partial charge in [-0.15, -0.1) is 0 Å². The molecule has 0 bridgehead atoms. The standard InChI is InChI=1S/C24H28N4O4/c1-16-4-6-17(7-5-16)22-23(30)27-24(26-22)10-12-28(13-11-24)15-21(29)25-18-8-9-19(31-2)20(14-18)32-3/h4-9,14H,10-13,15H2,1-3H3,(H,25,29)(H,27,30). The summed E-state index contributed by atoms with van der Waals surface area (Å²) in [6.45, 7) is 3.63. The number of aliphatic imine (C=N–C) groups is 1. The molecule has 2 aromatic rings. The van der Waals surface area contributed by atoms with E-state index in [1.54, 1.807) is 32.4 Å². The Morgan fingerprint density at radius 2 is 1.78 bits per heavy atom. The van der Waals surface area contributed by atoms with Gasteiger partial charge in [0.15, 0.2) is 11.5 Å². The Bertz CT molecular complexity index is 1040. The van der Waals surface area contributed by atoms with Gasteiger partial charge in [0.1, 0.15) is 11.4 Å². The van der Waals surface area contributed by atoms with Gasteiger partial charge in [0.25, 0.3) is 5.91 Å². The molecule has 8 nitrogen and oxygen atoms in total. The Balaban J connectivity index is 1.34. The third kappa shape index (κ3) is 4.60. The molecule has 2 N–H and O–H groups in total. The van der Waals surface area contributed by atoms with Crippen LogP contribution in [-0.4, -0.2) is 61.9 Å². The highest BCUT2D eigenvalue weighted by Gasteiger charge is 2.42. The van der Waals surface area contributed by atoms with E-state index in [9.17, 15) is 9.59 Å². The number of likely N-dealkylation sites (tertiary alicyclic amines) is 1. The number of carbonyl (C=O) groups is 2. The van der Waals surface area contributed by atoms with Crippen molar-refractivity contribution in [2.24, 2.45) is 4.99 Å². The predicted molar refractivity (Wildman–Crippen MR) is 122 cm³/mol. The zero-order valence-corrected chi connectivity index (χ0v) is 18.6. The topological polar surface area (TPSA) is 92.3 Å². The zero-order valence-electron chi connectivity index (χ0n) is 18.6. The largest absolute Gasteiger partial charge is 0.493 e. The van der Waals surface area contributed by atoms with Gasteiger partial charge in [0.05, 0.1) is 20.8 Å². The van der Waals surface area contributed by atoms with Crippen molar-refractivity contribution in [1.82, 2.24) is 10.2 Å². The third-order valence-electron chi connectivity index (χ3n) is 5.93. The van der Waals surface area contributed by atoms with E-state index in [1.807, 2.05) is 31.2 Å². The van der Waals surface area contributed by atoms with Crippen LogP contribution in [0.3, 0.4) is 0 Å². The van der Waals surface area contributed by atoms with Gasteiger partial charge in [-0.1, -0.05) is 29.8 Å². The van der Waals surface area contributed by atoms with E-state index in [1.165, 1.54) is 0 Å². The minimum atomic E-state index is -0.576. The summed E-state index contributed by atoms with van der Waals surface area (Å²) in [5.41, 5.74) is 2.54. The number of piperidine rings is 1. The molecular weight excluding hydrogens is 408 g/mol. The first-order valence-electron chi connectivity index (χ1n) is 10.6. The second kappa shape index (κ2) is 9.00. The van der Waals surface area contributed by atoms with E-state index >= 15 is 0 Å². The first-order valence-corrected chi connectivity index (χ1v) is 10.6. The molecule has 1 fully saturated rings. The number of methoxy groups -OCH3 is 2. The summed E-state index contributed by atoms with van der Waals surface area (Å²) in [6, 6.07) is 13.1. The fraction of sp³-hybridized carbons (Fsp3) is 0.375. The molecule has 8 heteroatoms. The number of benzene rings is 2. The lowest BCUT2D eigenvalue weighted by atomic mass is 9.98. The van der Waals surface area contributed by atoms with E-state index < -0.39 is 5.66 Å². The molecule has 2 aliphatic heterocycles. The summed E-state index contributed by atoms with van der Waals surface area (Å²) in [5.74, 6) is 0.932. The average molecular weight is 437 g/mol. The number of rotatable bonds is 6. The normalized spacial score (nSPS) is 17.6. The minimum absolute atomic E-state index is 0.104. The predicted octanol–water partition coefficient (Wildman–Crippen LogP) is 2.36. The highest BCUT2D eigenvalue weighted by atomic mass is 16.5. The second-order valence-electron chi connectivity index (χ2n) is 8.21. The molecule has 2 heterocycles. The van der Waals surface area contributed by atoms with Crippen molar-refractivity contribution in [2.75, 3.05) is 39.2 Å². The van der Waals surface area contributed by atoms with Gasteiger partial charge >= 0.3 is 0 Å². The van der Waals surface area contributed by atoms with Crippen LogP contribution in [0.1, 0.15) is 24.0 Å². The number of carbonyl (C=O) groups excluding carboxylic acids is 2. The molecule has 0 aliphatic carbocycles. The number of anilines is 1. The van der Waals surface area contributed by atoms with Crippen LogP contribution in [0.2, 0.25) is 0 Å². The Morgan fingerprint density at radius 3 is 2.44 bits per heavy atom. The molecule has 168 valence electrons. The van der Waals surface area contributed by atoms with Gasteiger partial charge in [-0.2, -0.15) is 0 Å². The van der Waals surface area contributed by atoms with Gasteiger partial charge in [-0.25, -0.2) is 0 Å². The number of hydrogen-bond donors (Lipinski definition) is 2. The molecule has 1 saturated heterocycles. The van der Waals surface area contributed by atoms with Crippen molar-refractivity contribution in [1.29, 1.82) is 0 Å². The Labute approximate surface area is 187 Å². The highest BCUT2D eigenvalue weighted by Crippen LogP contribution is 2.30. The van der Waals surface area contributed by atoms with Crippen molar-refractivity contribution in [2.45, 2.75) is 25.4 Å². The molecule has 0 aromatic heterocycles. The molecule has 2 aliphatic rings. The summed E-state index contributed by atoms with van der Waals surface area (Å²) in [7, 11) is 3.13. The number of aryl methyl sites for hydroxylation is 1.